The lowest BCUT2D eigenvalue weighted by Crippen LogP contribution is -2.34. The molecule has 0 aliphatic carbocycles. The van der Waals surface area contributed by atoms with Gasteiger partial charge in [0.05, 0.1) is 17.4 Å². The molecule has 1 aliphatic rings. The second-order valence-electron chi connectivity index (χ2n) is 9.68. The van der Waals surface area contributed by atoms with E-state index in [-0.39, 0.29) is 6.04 Å². The Hall–Kier alpha value is -3.42. The van der Waals surface area contributed by atoms with Crippen molar-refractivity contribution in [3.63, 3.8) is 0 Å². The second kappa shape index (κ2) is 10.2. The molecule has 4 heteroatoms. The molecule has 0 fully saturated rings. The summed E-state index contributed by atoms with van der Waals surface area (Å²) in [6.45, 7) is 13.2. The van der Waals surface area contributed by atoms with Gasteiger partial charge in [0, 0.05) is 24.3 Å². The predicted octanol–water partition coefficient (Wildman–Crippen LogP) is 6.87. The van der Waals surface area contributed by atoms with Gasteiger partial charge in [-0.25, -0.2) is 0 Å². The average Bonchev–Trinajstić information content (AvgIpc) is 3.30. The minimum atomic E-state index is -1.38. The maximum absolute atomic E-state index is 3.66. The van der Waals surface area contributed by atoms with Crippen LogP contribution in [0.4, 0.5) is 11.4 Å². The smallest absolute Gasteiger partial charge is 0.129 e. The highest BCUT2D eigenvalue weighted by Gasteiger charge is 2.27. The Bertz CT molecular complexity index is 1180. The Kier molecular flexibility index (Phi) is 7.14. The third-order valence-electron chi connectivity index (χ3n) is 6.02. The number of benzene rings is 3. The van der Waals surface area contributed by atoms with Crippen LogP contribution < -0.4 is 15.3 Å². The van der Waals surface area contributed by atoms with Gasteiger partial charge in [0.15, 0.2) is 0 Å². The van der Waals surface area contributed by atoms with Crippen molar-refractivity contribution in [2.45, 2.75) is 39.5 Å². The molecule has 0 bridgehead atoms. The Morgan fingerprint density at radius 3 is 2.09 bits per heavy atom. The van der Waals surface area contributed by atoms with Gasteiger partial charge in [-0.15, -0.1) is 5.54 Å². The van der Waals surface area contributed by atoms with Crippen molar-refractivity contribution in [3.8, 4) is 11.5 Å². The number of anilines is 2. The van der Waals surface area contributed by atoms with Crippen LogP contribution in [0.25, 0.3) is 5.70 Å². The zero-order valence-corrected chi connectivity index (χ0v) is 22.0. The highest BCUT2D eigenvalue weighted by Crippen LogP contribution is 2.35. The van der Waals surface area contributed by atoms with Gasteiger partial charge in [-0.1, -0.05) is 68.0 Å². The van der Waals surface area contributed by atoms with E-state index in [9.17, 15) is 0 Å². The number of nitrogens with zero attached hydrogens (tertiary/aromatic N) is 2. The van der Waals surface area contributed by atoms with Crippen LogP contribution in [0.2, 0.25) is 19.6 Å². The van der Waals surface area contributed by atoms with Gasteiger partial charge in [-0.2, -0.15) is 0 Å². The molecule has 174 valence electrons. The first-order valence-corrected chi connectivity index (χ1v) is 15.7. The highest BCUT2D eigenvalue weighted by molar-refractivity contribution is 6.83. The average molecular weight is 466 g/mol. The second-order valence-corrected chi connectivity index (χ2v) is 14.4. The molecule has 0 spiro atoms. The minimum absolute atomic E-state index is 0.106. The van der Waals surface area contributed by atoms with Gasteiger partial charge >= 0.3 is 0 Å². The lowest BCUT2D eigenvalue weighted by atomic mass is 10.0. The number of para-hydroxylation sites is 1. The van der Waals surface area contributed by atoms with Crippen molar-refractivity contribution in [1.29, 1.82) is 0 Å². The van der Waals surface area contributed by atoms with Crippen molar-refractivity contribution in [2.24, 2.45) is 0 Å². The van der Waals surface area contributed by atoms with Gasteiger partial charge in [-0.3, -0.25) is 10.4 Å². The van der Waals surface area contributed by atoms with Gasteiger partial charge in [0.25, 0.3) is 0 Å². The van der Waals surface area contributed by atoms with Crippen LogP contribution in [0, 0.1) is 11.5 Å². The number of nitrogens with one attached hydrogen (secondary N) is 1. The SMILES string of the molecule is CCN(CC)c1ccc(C2C=C(c3ccc(C#C[Si](C)(C)C)cc3)NN2c2ccccc2)cc1. The molecule has 1 atom stereocenters. The third kappa shape index (κ3) is 5.55. The molecule has 0 radical (unpaired) electrons. The molecule has 1 heterocycles. The first kappa shape index (κ1) is 23.7. The van der Waals surface area contributed by atoms with E-state index in [0.717, 1.165) is 30.0 Å². The van der Waals surface area contributed by atoms with E-state index in [0.29, 0.717) is 0 Å². The lowest BCUT2D eigenvalue weighted by Gasteiger charge is -2.28. The molecule has 1 N–H and O–H groups in total. The third-order valence-corrected chi connectivity index (χ3v) is 6.89. The molecule has 4 rings (SSSR count). The first-order valence-electron chi connectivity index (χ1n) is 12.2. The summed E-state index contributed by atoms with van der Waals surface area (Å²) >= 11 is 0. The van der Waals surface area contributed by atoms with Crippen LogP contribution in [-0.2, 0) is 0 Å². The van der Waals surface area contributed by atoms with Crippen LogP contribution in [0.3, 0.4) is 0 Å². The lowest BCUT2D eigenvalue weighted by molar-refractivity contribution is 0.724. The van der Waals surface area contributed by atoms with E-state index in [2.05, 4.69) is 145 Å². The Labute approximate surface area is 206 Å². The Morgan fingerprint density at radius 2 is 1.50 bits per heavy atom. The monoisotopic (exact) mass is 465 g/mol. The van der Waals surface area contributed by atoms with Crippen molar-refractivity contribution >= 4 is 25.1 Å². The number of hydrogen-bond acceptors (Lipinski definition) is 3. The number of hydrazine groups is 1. The molecule has 1 aliphatic heterocycles. The number of rotatable bonds is 6. The molecule has 3 nitrogen and oxygen atoms in total. The largest absolute Gasteiger partial charge is 0.372 e. The molecule has 3 aromatic rings. The predicted molar refractivity (Wildman–Crippen MR) is 149 cm³/mol. The minimum Gasteiger partial charge on any atom is -0.372 e. The Morgan fingerprint density at radius 1 is 0.853 bits per heavy atom. The summed E-state index contributed by atoms with van der Waals surface area (Å²) in [5.41, 5.74) is 14.2. The van der Waals surface area contributed by atoms with Gasteiger partial charge in [-0.05, 0) is 67.4 Å². The van der Waals surface area contributed by atoms with Crippen molar-refractivity contribution in [1.82, 2.24) is 5.43 Å². The summed E-state index contributed by atoms with van der Waals surface area (Å²) in [5, 5.41) is 2.25. The van der Waals surface area contributed by atoms with Crippen molar-refractivity contribution < 1.29 is 0 Å². The van der Waals surface area contributed by atoms with Crippen LogP contribution in [0.1, 0.15) is 36.6 Å². The zero-order valence-electron chi connectivity index (χ0n) is 21.0. The first-order chi connectivity index (χ1) is 16.4. The topological polar surface area (TPSA) is 18.5 Å². The van der Waals surface area contributed by atoms with E-state index in [1.807, 2.05) is 0 Å². The highest BCUT2D eigenvalue weighted by atomic mass is 28.3. The fourth-order valence-electron chi connectivity index (χ4n) is 4.15. The molecule has 0 saturated heterocycles. The zero-order chi connectivity index (χ0) is 24.1. The van der Waals surface area contributed by atoms with Crippen LogP contribution in [-0.4, -0.2) is 21.2 Å². The summed E-state index contributed by atoms with van der Waals surface area (Å²) in [6.07, 6.45) is 2.32. The molecule has 0 amide bonds. The molecule has 0 aromatic heterocycles. The van der Waals surface area contributed by atoms with E-state index in [4.69, 9.17) is 0 Å². The van der Waals surface area contributed by atoms with Gasteiger partial charge < -0.3 is 4.90 Å². The number of hydrogen-bond donors (Lipinski definition) is 1. The van der Waals surface area contributed by atoms with Gasteiger partial charge in [0.2, 0.25) is 0 Å². The molecule has 3 aromatic carbocycles. The molecule has 0 saturated carbocycles. The summed E-state index contributed by atoms with van der Waals surface area (Å²) in [6, 6.07) is 28.2. The quantitative estimate of drug-likeness (QED) is 0.317. The fourth-order valence-corrected chi connectivity index (χ4v) is 4.67. The van der Waals surface area contributed by atoms with Crippen LogP contribution in [0.15, 0.2) is 84.9 Å². The molecule has 1 unspecified atom stereocenters. The standard InChI is InChI=1S/C30H35N3Si/c1-6-32(7-2)27-19-17-26(18-20-27)30-23-29(31-33(30)28-11-9-8-10-12-28)25-15-13-24(14-16-25)21-22-34(3,4)5/h8-20,23,30-31H,6-7H2,1-5H3. The Balaban J connectivity index is 1.64. The van der Waals surface area contributed by atoms with Crippen molar-refractivity contribution in [3.05, 3.63) is 102 Å². The summed E-state index contributed by atoms with van der Waals surface area (Å²) in [4.78, 5) is 2.37. The maximum atomic E-state index is 3.66. The van der Waals surface area contributed by atoms with E-state index in [1.54, 1.807) is 0 Å². The molecular weight excluding hydrogens is 430 g/mol. The van der Waals surface area contributed by atoms with E-state index >= 15 is 0 Å². The van der Waals surface area contributed by atoms with E-state index in [1.165, 1.54) is 16.8 Å². The van der Waals surface area contributed by atoms with E-state index < -0.39 is 8.07 Å². The van der Waals surface area contributed by atoms with Gasteiger partial charge in [0.1, 0.15) is 8.07 Å². The normalized spacial score (nSPS) is 15.3. The van der Waals surface area contributed by atoms with Crippen LogP contribution in [0.5, 0.6) is 0 Å². The van der Waals surface area contributed by atoms with Crippen molar-refractivity contribution in [2.75, 3.05) is 23.0 Å². The molecule has 34 heavy (non-hydrogen) atoms. The fraction of sp³-hybridized carbons (Fsp3) is 0.267. The van der Waals surface area contributed by atoms with Crippen LogP contribution >= 0.6 is 0 Å². The summed E-state index contributed by atoms with van der Waals surface area (Å²) < 4.78 is 0. The summed E-state index contributed by atoms with van der Waals surface area (Å²) in [7, 11) is -1.38. The molecular formula is C30H35N3Si. The maximum Gasteiger partial charge on any atom is 0.129 e. The summed E-state index contributed by atoms with van der Waals surface area (Å²) in [5.74, 6) is 3.35.